The first kappa shape index (κ1) is 8.99. The Hall–Kier alpha value is -1.10. The fourth-order valence-corrected chi connectivity index (χ4v) is 1.26. The third kappa shape index (κ3) is 1.73. The second-order valence-electron chi connectivity index (χ2n) is 2.76. The number of nitrogens with two attached hydrogens (primary N) is 1. The summed E-state index contributed by atoms with van der Waals surface area (Å²) < 4.78 is 5.03. The van der Waals surface area contributed by atoms with E-state index >= 15 is 0 Å². The Bertz CT molecular complexity index is 205. The molecule has 5 nitrogen and oxygen atoms in total. The molecule has 0 saturated carbocycles. The average Bonchev–Trinajstić information content (AvgIpc) is 2.50. The summed E-state index contributed by atoms with van der Waals surface area (Å²) >= 11 is 0. The maximum Gasteiger partial charge on any atom is 0.311 e. The van der Waals surface area contributed by atoms with Crippen LogP contribution in [0, 0.1) is 0 Å². The quantitative estimate of drug-likeness (QED) is 0.501. The van der Waals surface area contributed by atoms with Crippen molar-refractivity contribution in [1.82, 2.24) is 4.90 Å². The molecule has 1 rings (SSSR count). The number of likely N-dealkylation sites (tertiary alicyclic amines) is 1. The Labute approximate surface area is 70.5 Å². The molecular weight excluding hydrogens is 160 g/mol. The number of hydrogen-bond acceptors (Lipinski definition) is 3. The number of nitrogens with zero attached hydrogens (tertiary/aromatic N) is 1. The van der Waals surface area contributed by atoms with Gasteiger partial charge in [-0.05, 0) is 6.42 Å². The molecule has 1 saturated heterocycles. The molecule has 0 aromatic heterocycles. The van der Waals surface area contributed by atoms with E-state index in [1.54, 1.807) is 7.11 Å². The van der Waals surface area contributed by atoms with Gasteiger partial charge >= 0.3 is 11.8 Å². The maximum atomic E-state index is 11.0. The van der Waals surface area contributed by atoms with E-state index in [-0.39, 0.29) is 6.10 Å². The van der Waals surface area contributed by atoms with Gasteiger partial charge in [-0.1, -0.05) is 0 Å². The third-order valence-corrected chi connectivity index (χ3v) is 1.98. The molecule has 0 bridgehead atoms. The van der Waals surface area contributed by atoms with Crippen LogP contribution in [0.15, 0.2) is 0 Å². The van der Waals surface area contributed by atoms with Gasteiger partial charge < -0.3 is 15.4 Å². The van der Waals surface area contributed by atoms with E-state index < -0.39 is 11.8 Å². The molecule has 1 heterocycles. The Morgan fingerprint density at radius 2 is 2.25 bits per heavy atom. The highest BCUT2D eigenvalue weighted by Crippen LogP contribution is 2.11. The van der Waals surface area contributed by atoms with Gasteiger partial charge in [0.05, 0.1) is 6.10 Å². The summed E-state index contributed by atoms with van der Waals surface area (Å²) in [7, 11) is 1.59. The highest BCUT2D eigenvalue weighted by Gasteiger charge is 2.28. The average molecular weight is 172 g/mol. The van der Waals surface area contributed by atoms with Crippen LogP contribution >= 0.6 is 0 Å². The lowest BCUT2D eigenvalue weighted by molar-refractivity contribution is -0.143. The van der Waals surface area contributed by atoms with Crippen LogP contribution in [0.1, 0.15) is 6.42 Å². The predicted octanol–water partition coefficient (Wildman–Crippen LogP) is -1.28. The number of carbonyl (C=O) groups is 2. The Morgan fingerprint density at radius 3 is 2.67 bits per heavy atom. The van der Waals surface area contributed by atoms with Crippen molar-refractivity contribution in [2.24, 2.45) is 5.73 Å². The smallest absolute Gasteiger partial charge is 0.311 e. The van der Waals surface area contributed by atoms with Crippen LogP contribution in [0.2, 0.25) is 0 Å². The fraction of sp³-hybridized carbons (Fsp3) is 0.714. The molecule has 1 fully saturated rings. The minimum atomic E-state index is -0.897. The van der Waals surface area contributed by atoms with Gasteiger partial charge in [0.25, 0.3) is 0 Å². The normalized spacial score (nSPS) is 22.8. The lowest BCUT2D eigenvalue weighted by atomic mass is 10.3. The van der Waals surface area contributed by atoms with E-state index in [9.17, 15) is 9.59 Å². The minimum absolute atomic E-state index is 0.0494. The molecule has 1 aliphatic heterocycles. The molecule has 0 aromatic rings. The van der Waals surface area contributed by atoms with Crippen LogP contribution in [0.3, 0.4) is 0 Å². The summed E-state index contributed by atoms with van der Waals surface area (Å²) in [5.41, 5.74) is 4.83. The summed E-state index contributed by atoms with van der Waals surface area (Å²) in [5, 5.41) is 0. The van der Waals surface area contributed by atoms with Crippen molar-refractivity contribution in [3.63, 3.8) is 0 Å². The molecule has 5 heteroatoms. The van der Waals surface area contributed by atoms with Crippen molar-refractivity contribution in [2.45, 2.75) is 12.5 Å². The van der Waals surface area contributed by atoms with Crippen LogP contribution in [-0.4, -0.2) is 43.0 Å². The van der Waals surface area contributed by atoms with Crippen molar-refractivity contribution in [2.75, 3.05) is 20.2 Å². The number of ether oxygens (including phenoxy) is 1. The lowest BCUT2D eigenvalue weighted by Crippen LogP contribution is -2.39. The molecule has 2 N–H and O–H groups in total. The summed E-state index contributed by atoms with van der Waals surface area (Å²) in [6, 6.07) is 0. The van der Waals surface area contributed by atoms with E-state index in [4.69, 9.17) is 10.5 Å². The third-order valence-electron chi connectivity index (χ3n) is 1.98. The van der Waals surface area contributed by atoms with Gasteiger partial charge in [0, 0.05) is 20.2 Å². The molecule has 0 spiro atoms. The number of amides is 2. The molecular formula is C7H12N2O3. The monoisotopic (exact) mass is 172 g/mol. The second-order valence-corrected chi connectivity index (χ2v) is 2.76. The van der Waals surface area contributed by atoms with Crippen molar-refractivity contribution in [3.05, 3.63) is 0 Å². The van der Waals surface area contributed by atoms with E-state index in [1.165, 1.54) is 4.90 Å². The summed E-state index contributed by atoms with van der Waals surface area (Å²) in [6.45, 7) is 1.03. The first-order chi connectivity index (χ1) is 5.65. The Balaban J connectivity index is 2.46. The zero-order valence-corrected chi connectivity index (χ0v) is 6.95. The van der Waals surface area contributed by atoms with E-state index in [0.29, 0.717) is 13.1 Å². The molecule has 0 aliphatic carbocycles. The zero-order chi connectivity index (χ0) is 9.14. The van der Waals surface area contributed by atoms with Gasteiger partial charge in [0.15, 0.2) is 0 Å². The van der Waals surface area contributed by atoms with Gasteiger partial charge in [-0.3, -0.25) is 9.59 Å². The van der Waals surface area contributed by atoms with Gasteiger partial charge in [-0.2, -0.15) is 0 Å². The molecule has 0 unspecified atom stereocenters. The van der Waals surface area contributed by atoms with E-state index in [2.05, 4.69) is 0 Å². The van der Waals surface area contributed by atoms with E-state index in [0.717, 1.165) is 6.42 Å². The largest absolute Gasteiger partial charge is 0.380 e. The van der Waals surface area contributed by atoms with Crippen LogP contribution in [0.25, 0.3) is 0 Å². The zero-order valence-electron chi connectivity index (χ0n) is 6.95. The van der Waals surface area contributed by atoms with Gasteiger partial charge in [-0.25, -0.2) is 0 Å². The second kappa shape index (κ2) is 3.53. The first-order valence-corrected chi connectivity index (χ1v) is 3.76. The van der Waals surface area contributed by atoms with Crippen LogP contribution in [-0.2, 0) is 14.3 Å². The van der Waals surface area contributed by atoms with Crippen molar-refractivity contribution >= 4 is 11.8 Å². The number of rotatable bonds is 1. The van der Waals surface area contributed by atoms with Crippen LogP contribution < -0.4 is 5.73 Å². The van der Waals surface area contributed by atoms with Crippen molar-refractivity contribution in [1.29, 1.82) is 0 Å². The molecule has 68 valence electrons. The molecule has 12 heavy (non-hydrogen) atoms. The topological polar surface area (TPSA) is 72.6 Å². The molecule has 0 radical (unpaired) electrons. The van der Waals surface area contributed by atoms with Crippen LogP contribution in [0.4, 0.5) is 0 Å². The minimum Gasteiger partial charge on any atom is -0.380 e. The number of hydrogen-bond donors (Lipinski definition) is 1. The maximum absolute atomic E-state index is 11.0. The standard InChI is InChI=1S/C7H12N2O3/c1-12-5-2-3-9(4-5)7(11)6(8)10/h5H,2-4H2,1H3,(H2,8,10)/t5-/m0/s1. The molecule has 1 atom stereocenters. The van der Waals surface area contributed by atoms with E-state index in [1.807, 2.05) is 0 Å². The number of carbonyl (C=O) groups excluding carboxylic acids is 2. The van der Waals surface area contributed by atoms with Gasteiger partial charge in [0.2, 0.25) is 0 Å². The fourth-order valence-electron chi connectivity index (χ4n) is 1.26. The summed E-state index contributed by atoms with van der Waals surface area (Å²) in [5.74, 6) is -1.51. The van der Waals surface area contributed by atoms with Gasteiger partial charge in [0.1, 0.15) is 0 Å². The molecule has 1 aliphatic rings. The summed E-state index contributed by atoms with van der Waals surface area (Å²) in [6.07, 6.45) is 0.823. The summed E-state index contributed by atoms with van der Waals surface area (Å²) in [4.78, 5) is 22.9. The Morgan fingerprint density at radius 1 is 1.58 bits per heavy atom. The number of methoxy groups -OCH3 is 1. The highest BCUT2D eigenvalue weighted by atomic mass is 16.5. The SMILES string of the molecule is CO[C@H]1CCN(C(=O)C(N)=O)C1. The molecule has 0 aromatic carbocycles. The van der Waals surface area contributed by atoms with Crippen LogP contribution in [0.5, 0.6) is 0 Å². The molecule has 2 amide bonds. The van der Waals surface area contributed by atoms with Crippen molar-refractivity contribution in [3.8, 4) is 0 Å². The van der Waals surface area contributed by atoms with Gasteiger partial charge in [-0.15, -0.1) is 0 Å². The van der Waals surface area contributed by atoms with Crippen molar-refractivity contribution < 1.29 is 14.3 Å². The highest BCUT2D eigenvalue weighted by molar-refractivity contribution is 6.34. The lowest BCUT2D eigenvalue weighted by Gasteiger charge is -2.12. The predicted molar refractivity (Wildman–Crippen MR) is 41.2 cm³/mol. The first-order valence-electron chi connectivity index (χ1n) is 3.76. The number of primary amides is 1. The Kier molecular flexibility index (Phi) is 2.65.